The second kappa shape index (κ2) is 8.83. The third kappa shape index (κ3) is 4.33. The summed E-state index contributed by atoms with van der Waals surface area (Å²) in [5.41, 5.74) is 0.355. The molecular weight excluding hydrogens is 400 g/mol. The average molecular weight is 419 g/mol. The van der Waals surface area contributed by atoms with Crippen molar-refractivity contribution in [1.29, 1.82) is 0 Å². The van der Waals surface area contributed by atoms with Crippen molar-refractivity contribution in [2.75, 3.05) is 12.4 Å². The van der Waals surface area contributed by atoms with Crippen LogP contribution in [0.5, 0.6) is 11.5 Å². The van der Waals surface area contributed by atoms with Crippen molar-refractivity contribution in [3.05, 3.63) is 102 Å². The molecule has 0 unspecified atom stereocenters. The van der Waals surface area contributed by atoms with Gasteiger partial charge in [-0.2, -0.15) is 0 Å². The van der Waals surface area contributed by atoms with Crippen LogP contribution in [0.1, 0.15) is 15.9 Å². The number of carbonyl (C=O) groups is 1. The summed E-state index contributed by atoms with van der Waals surface area (Å²) in [6, 6.07) is 21.7. The van der Waals surface area contributed by atoms with Crippen molar-refractivity contribution in [1.82, 2.24) is 0 Å². The minimum atomic E-state index is -0.846. The Balaban J connectivity index is 1.58. The van der Waals surface area contributed by atoms with Crippen LogP contribution in [-0.2, 0) is 6.61 Å². The standard InChI is InChI=1S/C25H19F2NO3/c1-30-22-13-12-17(25(29)28-24-20(26)9-5-10-21(24)27)14-18(22)15-31-23-11-4-7-16-6-2-3-8-19(16)23/h2-14H,15H2,1H3,(H,28,29). The molecule has 0 fully saturated rings. The summed E-state index contributed by atoms with van der Waals surface area (Å²) in [6.07, 6.45) is 0. The van der Waals surface area contributed by atoms with Crippen LogP contribution in [0.2, 0.25) is 0 Å². The maximum Gasteiger partial charge on any atom is 0.255 e. The minimum absolute atomic E-state index is 0.145. The number of hydrogen-bond donors (Lipinski definition) is 1. The van der Waals surface area contributed by atoms with Crippen molar-refractivity contribution in [2.24, 2.45) is 0 Å². The van der Waals surface area contributed by atoms with Crippen molar-refractivity contribution in [3.63, 3.8) is 0 Å². The molecule has 4 rings (SSSR count). The summed E-state index contributed by atoms with van der Waals surface area (Å²) >= 11 is 0. The number of nitrogens with one attached hydrogen (secondary N) is 1. The van der Waals surface area contributed by atoms with Gasteiger partial charge in [0.1, 0.15) is 35.4 Å². The first-order chi connectivity index (χ1) is 15.1. The molecule has 4 aromatic carbocycles. The number of hydrogen-bond acceptors (Lipinski definition) is 3. The minimum Gasteiger partial charge on any atom is -0.496 e. The molecular formula is C25H19F2NO3. The molecule has 0 saturated carbocycles. The van der Waals surface area contributed by atoms with Gasteiger partial charge in [0.15, 0.2) is 0 Å². The van der Waals surface area contributed by atoms with E-state index in [1.807, 2.05) is 42.5 Å². The van der Waals surface area contributed by atoms with Crippen molar-refractivity contribution in [2.45, 2.75) is 6.61 Å². The number of amides is 1. The molecule has 0 aliphatic carbocycles. The Morgan fingerprint density at radius 1 is 0.871 bits per heavy atom. The third-order valence-corrected chi connectivity index (χ3v) is 4.88. The quantitative estimate of drug-likeness (QED) is 0.420. The Bertz CT molecular complexity index is 1230. The maximum absolute atomic E-state index is 13.9. The van der Waals surface area contributed by atoms with E-state index in [0.717, 1.165) is 22.9 Å². The second-order valence-corrected chi connectivity index (χ2v) is 6.84. The molecule has 1 N–H and O–H groups in total. The molecule has 0 bridgehead atoms. The maximum atomic E-state index is 13.9. The van der Waals surface area contributed by atoms with E-state index in [1.54, 1.807) is 12.1 Å². The van der Waals surface area contributed by atoms with Gasteiger partial charge in [-0.25, -0.2) is 8.78 Å². The van der Waals surface area contributed by atoms with Crippen LogP contribution < -0.4 is 14.8 Å². The lowest BCUT2D eigenvalue weighted by Crippen LogP contribution is -2.15. The van der Waals surface area contributed by atoms with Crippen LogP contribution in [-0.4, -0.2) is 13.0 Å². The van der Waals surface area contributed by atoms with E-state index in [2.05, 4.69) is 5.32 Å². The van der Waals surface area contributed by atoms with Crippen LogP contribution in [0.15, 0.2) is 78.9 Å². The average Bonchev–Trinajstić information content (AvgIpc) is 2.79. The number of carbonyl (C=O) groups excluding carboxylic acids is 1. The summed E-state index contributed by atoms with van der Waals surface area (Å²) in [6.45, 7) is 0.145. The van der Waals surface area contributed by atoms with E-state index >= 15 is 0 Å². The molecule has 4 nitrogen and oxygen atoms in total. The van der Waals surface area contributed by atoms with Gasteiger partial charge in [-0.15, -0.1) is 0 Å². The second-order valence-electron chi connectivity index (χ2n) is 6.84. The van der Waals surface area contributed by atoms with E-state index in [0.29, 0.717) is 17.1 Å². The van der Waals surface area contributed by atoms with Gasteiger partial charge in [0.25, 0.3) is 5.91 Å². The highest BCUT2D eigenvalue weighted by Crippen LogP contribution is 2.28. The van der Waals surface area contributed by atoms with Crippen molar-refractivity contribution in [3.8, 4) is 11.5 Å². The third-order valence-electron chi connectivity index (χ3n) is 4.88. The SMILES string of the molecule is COc1ccc(C(=O)Nc2c(F)cccc2F)cc1COc1cccc2ccccc12. The molecule has 0 radical (unpaired) electrons. The number of ether oxygens (including phenoxy) is 2. The number of methoxy groups -OCH3 is 1. The van der Waals surface area contributed by atoms with Gasteiger partial charge >= 0.3 is 0 Å². The normalized spacial score (nSPS) is 10.7. The van der Waals surface area contributed by atoms with Crippen LogP contribution in [0, 0.1) is 11.6 Å². The number of para-hydroxylation sites is 1. The van der Waals surface area contributed by atoms with Gasteiger partial charge in [-0.1, -0.05) is 42.5 Å². The van der Waals surface area contributed by atoms with Crippen molar-refractivity contribution >= 4 is 22.4 Å². The molecule has 1 amide bonds. The van der Waals surface area contributed by atoms with Gasteiger partial charge in [0.05, 0.1) is 7.11 Å². The summed E-state index contributed by atoms with van der Waals surface area (Å²) < 4.78 is 39.1. The zero-order valence-electron chi connectivity index (χ0n) is 16.7. The molecule has 0 spiro atoms. The van der Waals surface area contributed by atoms with Crippen LogP contribution >= 0.6 is 0 Å². The smallest absolute Gasteiger partial charge is 0.255 e. The Hall–Kier alpha value is -3.93. The topological polar surface area (TPSA) is 47.6 Å². The Kier molecular flexibility index (Phi) is 5.80. The fourth-order valence-electron chi connectivity index (χ4n) is 3.31. The summed E-state index contributed by atoms with van der Waals surface area (Å²) in [7, 11) is 1.52. The van der Waals surface area contributed by atoms with Gasteiger partial charge in [0, 0.05) is 16.5 Å². The van der Waals surface area contributed by atoms with Gasteiger partial charge in [0.2, 0.25) is 0 Å². The first-order valence-electron chi connectivity index (χ1n) is 9.59. The van der Waals surface area contributed by atoms with Gasteiger partial charge < -0.3 is 14.8 Å². The van der Waals surface area contributed by atoms with E-state index in [4.69, 9.17) is 9.47 Å². The largest absolute Gasteiger partial charge is 0.496 e. The first-order valence-corrected chi connectivity index (χ1v) is 9.59. The lowest BCUT2D eigenvalue weighted by molar-refractivity contribution is 0.102. The summed E-state index contributed by atoms with van der Waals surface area (Å²) in [5, 5.41) is 4.30. The van der Waals surface area contributed by atoms with Crippen LogP contribution in [0.25, 0.3) is 10.8 Å². The van der Waals surface area contributed by atoms with E-state index in [9.17, 15) is 13.6 Å². The van der Waals surface area contributed by atoms with Crippen LogP contribution in [0.4, 0.5) is 14.5 Å². The molecule has 4 aromatic rings. The van der Waals surface area contributed by atoms with E-state index in [1.165, 1.54) is 19.2 Å². The zero-order chi connectivity index (χ0) is 21.8. The summed E-state index contributed by atoms with van der Waals surface area (Å²) in [4.78, 5) is 12.6. The molecule has 31 heavy (non-hydrogen) atoms. The lowest BCUT2D eigenvalue weighted by Gasteiger charge is -2.14. The number of benzene rings is 4. The molecule has 0 heterocycles. The lowest BCUT2D eigenvalue weighted by atomic mass is 10.1. The highest BCUT2D eigenvalue weighted by molar-refractivity contribution is 6.04. The Morgan fingerprint density at radius 3 is 2.35 bits per heavy atom. The molecule has 156 valence electrons. The number of rotatable bonds is 6. The Labute approximate surface area is 178 Å². The van der Waals surface area contributed by atoms with E-state index in [-0.39, 0.29) is 12.2 Å². The monoisotopic (exact) mass is 419 g/mol. The first kappa shape index (κ1) is 20.3. The highest BCUT2D eigenvalue weighted by atomic mass is 19.1. The number of anilines is 1. The van der Waals surface area contributed by atoms with Gasteiger partial charge in [-0.3, -0.25) is 4.79 Å². The van der Waals surface area contributed by atoms with Gasteiger partial charge in [-0.05, 0) is 41.8 Å². The summed E-state index contributed by atoms with van der Waals surface area (Å²) in [5.74, 6) is -1.10. The fourth-order valence-corrected chi connectivity index (χ4v) is 3.31. The number of fused-ring (bicyclic) bond motifs is 1. The van der Waals surface area contributed by atoms with E-state index < -0.39 is 23.2 Å². The molecule has 0 aromatic heterocycles. The molecule has 6 heteroatoms. The predicted molar refractivity (Wildman–Crippen MR) is 116 cm³/mol. The zero-order valence-corrected chi connectivity index (χ0v) is 16.7. The molecule has 0 atom stereocenters. The van der Waals surface area contributed by atoms with Crippen LogP contribution in [0.3, 0.4) is 0 Å². The van der Waals surface area contributed by atoms with Crippen molar-refractivity contribution < 1.29 is 23.0 Å². The predicted octanol–water partition coefficient (Wildman–Crippen LogP) is 5.96. The Morgan fingerprint density at radius 2 is 1.58 bits per heavy atom. The number of halogens is 2. The highest BCUT2D eigenvalue weighted by Gasteiger charge is 2.16. The fraction of sp³-hybridized carbons (Fsp3) is 0.0800. The molecule has 0 aliphatic rings. The molecule has 0 aliphatic heterocycles. The molecule has 0 saturated heterocycles.